The monoisotopic (exact) mass is 320 g/mol. The van der Waals surface area contributed by atoms with Gasteiger partial charge in [-0.15, -0.1) is 0 Å². The van der Waals surface area contributed by atoms with Gasteiger partial charge in [-0.2, -0.15) is 39.5 Å². The Morgan fingerprint density at radius 2 is 1.14 bits per heavy atom. The average Bonchev–Trinajstić information content (AvgIpc) is 2.36. The zero-order valence-corrected chi connectivity index (χ0v) is 9.79. The molecule has 0 unspecified atom stereocenters. The second-order valence-corrected chi connectivity index (χ2v) is 3.84. The molecule has 0 saturated heterocycles. The highest BCUT2D eigenvalue weighted by atomic mass is 19.4. The minimum Gasteiger partial charge on any atom is -0.191 e. The van der Waals surface area contributed by atoms with E-state index in [2.05, 4.69) is 0 Å². The van der Waals surface area contributed by atoms with E-state index < -0.39 is 23.9 Å². The van der Waals surface area contributed by atoms with E-state index in [-0.39, 0.29) is 5.56 Å². The van der Waals surface area contributed by atoms with E-state index in [4.69, 9.17) is 0 Å². The second kappa shape index (κ2) is 5.16. The molecule has 0 amide bonds. The Balaban J connectivity index is 3.21. The van der Waals surface area contributed by atoms with E-state index in [1.807, 2.05) is 0 Å². The van der Waals surface area contributed by atoms with E-state index in [1.165, 1.54) is 24.1 Å². The van der Waals surface area contributed by atoms with Crippen LogP contribution in [0.25, 0.3) is 0 Å². The summed E-state index contributed by atoms with van der Waals surface area (Å²) in [6.45, 7) is 0. The molecule has 1 aromatic carbocycles. The Bertz CT molecular complexity index is 546. The van der Waals surface area contributed by atoms with E-state index in [1.54, 1.807) is 0 Å². The summed E-state index contributed by atoms with van der Waals surface area (Å²) in [6.07, 6.45) is -6.84. The molecule has 1 rings (SSSR count). The van der Waals surface area contributed by atoms with Crippen molar-refractivity contribution in [2.75, 3.05) is 0 Å². The number of alkyl halides is 9. The van der Waals surface area contributed by atoms with E-state index in [0.717, 1.165) is 12.1 Å². The maximum Gasteiger partial charge on any atom is 0.460 e. The zero-order chi connectivity index (χ0) is 16.5. The predicted octanol–water partition coefficient (Wildman–Crippen LogP) is 4.51. The molecule has 9 heteroatoms. The Morgan fingerprint density at radius 1 is 0.667 bits per heavy atom. The fourth-order valence-electron chi connectivity index (χ4n) is 1.13. The topological polar surface area (TPSA) is 0 Å². The number of halogens is 9. The Labute approximate surface area is 112 Å². The summed E-state index contributed by atoms with van der Waals surface area (Å²) in [5.74, 6) is -17.6. The highest BCUT2D eigenvalue weighted by Crippen LogP contribution is 2.52. The fourth-order valence-corrected chi connectivity index (χ4v) is 1.13. The van der Waals surface area contributed by atoms with Crippen LogP contribution in [0.2, 0.25) is 0 Å². The van der Waals surface area contributed by atoms with Crippen LogP contribution in [0.1, 0.15) is 5.56 Å². The molecular formula is C12H5F9. The normalized spacial score (nSPS) is 13.6. The van der Waals surface area contributed by atoms with Gasteiger partial charge in [-0.05, 0) is 18.1 Å². The van der Waals surface area contributed by atoms with Crippen LogP contribution in [0.15, 0.2) is 30.3 Å². The van der Waals surface area contributed by atoms with Crippen LogP contribution >= 0.6 is 0 Å². The summed E-state index contributed by atoms with van der Waals surface area (Å²) in [4.78, 5) is 0. The molecule has 0 bridgehead atoms. The molecule has 0 aliphatic carbocycles. The van der Waals surface area contributed by atoms with Crippen molar-refractivity contribution >= 4 is 0 Å². The lowest BCUT2D eigenvalue weighted by molar-refractivity contribution is -0.386. The summed E-state index contributed by atoms with van der Waals surface area (Å²) in [5.41, 5.74) is -0.247. The van der Waals surface area contributed by atoms with Crippen LogP contribution in [0.5, 0.6) is 0 Å². The summed E-state index contributed by atoms with van der Waals surface area (Å²) >= 11 is 0. The number of benzene rings is 1. The van der Waals surface area contributed by atoms with Gasteiger partial charge >= 0.3 is 23.9 Å². The first-order chi connectivity index (χ1) is 9.33. The van der Waals surface area contributed by atoms with Gasteiger partial charge in [0.25, 0.3) is 0 Å². The van der Waals surface area contributed by atoms with Crippen LogP contribution in [0.3, 0.4) is 0 Å². The minimum atomic E-state index is -6.92. The van der Waals surface area contributed by atoms with Crippen LogP contribution < -0.4 is 0 Å². The molecule has 0 spiro atoms. The lowest BCUT2D eigenvalue weighted by atomic mass is 10.0. The minimum absolute atomic E-state index is 0.247. The molecule has 0 nitrogen and oxygen atoms in total. The maximum absolute atomic E-state index is 13.0. The smallest absolute Gasteiger partial charge is 0.191 e. The van der Waals surface area contributed by atoms with E-state index >= 15 is 0 Å². The highest BCUT2D eigenvalue weighted by molar-refractivity contribution is 5.36. The molecule has 0 heterocycles. The van der Waals surface area contributed by atoms with Crippen LogP contribution in [0.4, 0.5) is 39.5 Å². The van der Waals surface area contributed by atoms with Gasteiger partial charge in [-0.1, -0.05) is 24.1 Å². The lowest BCUT2D eigenvalue weighted by Crippen LogP contribution is -2.60. The van der Waals surface area contributed by atoms with Gasteiger partial charge in [0.2, 0.25) is 0 Å². The summed E-state index contributed by atoms with van der Waals surface area (Å²) in [6, 6.07) is 6.16. The number of hydrogen-bond acceptors (Lipinski definition) is 0. The zero-order valence-electron chi connectivity index (χ0n) is 9.79. The van der Waals surface area contributed by atoms with Gasteiger partial charge in [0.1, 0.15) is 0 Å². The van der Waals surface area contributed by atoms with Crippen molar-refractivity contribution in [3.8, 4) is 11.8 Å². The third-order valence-corrected chi connectivity index (χ3v) is 2.28. The second-order valence-electron chi connectivity index (χ2n) is 3.84. The number of hydrogen-bond donors (Lipinski definition) is 0. The molecule has 0 N–H and O–H groups in total. The van der Waals surface area contributed by atoms with Gasteiger partial charge in [-0.25, -0.2) is 0 Å². The first kappa shape index (κ1) is 17.2. The van der Waals surface area contributed by atoms with Gasteiger partial charge in [-0.3, -0.25) is 0 Å². The van der Waals surface area contributed by atoms with Crippen molar-refractivity contribution < 1.29 is 39.5 Å². The van der Waals surface area contributed by atoms with Crippen LogP contribution in [-0.4, -0.2) is 23.9 Å². The lowest BCUT2D eigenvalue weighted by Gasteiger charge is -2.31. The molecule has 0 saturated carbocycles. The van der Waals surface area contributed by atoms with Crippen LogP contribution in [-0.2, 0) is 0 Å². The first-order valence-electron chi connectivity index (χ1n) is 5.11. The van der Waals surface area contributed by atoms with Crippen molar-refractivity contribution in [2.24, 2.45) is 0 Å². The van der Waals surface area contributed by atoms with Crippen molar-refractivity contribution in [3.63, 3.8) is 0 Å². The van der Waals surface area contributed by atoms with Crippen molar-refractivity contribution in [2.45, 2.75) is 23.9 Å². The SMILES string of the molecule is FC(F)(F)C(F)(F)C(F)(F)C(F)(F)C#Cc1ccccc1. The average molecular weight is 320 g/mol. The fraction of sp³-hybridized carbons (Fsp3) is 0.333. The van der Waals surface area contributed by atoms with Crippen molar-refractivity contribution in [3.05, 3.63) is 35.9 Å². The molecule has 0 aliphatic rings. The molecule has 0 aromatic heterocycles. The van der Waals surface area contributed by atoms with Gasteiger partial charge in [0.15, 0.2) is 0 Å². The standard InChI is InChI=1S/C12H5F9/c13-9(14,7-6-8-4-2-1-3-5-8)10(15,16)11(17,18)12(19,20)21/h1-5H. The van der Waals surface area contributed by atoms with Crippen molar-refractivity contribution in [1.29, 1.82) is 0 Å². The van der Waals surface area contributed by atoms with Crippen LogP contribution in [0, 0.1) is 11.8 Å². The molecule has 0 atom stereocenters. The third-order valence-electron chi connectivity index (χ3n) is 2.28. The molecule has 1 aromatic rings. The molecule has 21 heavy (non-hydrogen) atoms. The summed E-state index contributed by atoms with van der Waals surface area (Å²) in [7, 11) is 0. The molecule has 0 radical (unpaired) electrons. The summed E-state index contributed by atoms with van der Waals surface area (Å²) < 4.78 is 112. The number of rotatable bonds is 2. The van der Waals surface area contributed by atoms with Gasteiger partial charge in [0.05, 0.1) is 0 Å². The predicted molar refractivity (Wildman–Crippen MR) is 54.2 cm³/mol. The summed E-state index contributed by atoms with van der Waals surface area (Å²) in [5, 5.41) is 0. The van der Waals surface area contributed by atoms with E-state index in [9.17, 15) is 39.5 Å². The van der Waals surface area contributed by atoms with Gasteiger partial charge < -0.3 is 0 Å². The Hall–Kier alpha value is -1.85. The molecule has 0 aliphatic heterocycles. The first-order valence-corrected chi connectivity index (χ1v) is 5.11. The van der Waals surface area contributed by atoms with E-state index in [0.29, 0.717) is 5.92 Å². The highest BCUT2D eigenvalue weighted by Gasteiger charge is 2.81. The van der Waals surface area contributed by atoms with Gasteiger partial charge in [0, 0.05) is 5.56 Å². The molecule has 116 valence electrons. The van der Waals surface area contributed by atoms with Crippen molar-refractivity contribution in [1.82, 2.24) is 0 Å². The third kappa shape index (κ3) is 3.09. The maximum atomic E-state index is 13.0. The Kier molecular flexibility index (Phi) is 4.23. The Morgan fingerprint density at radius 3 is 1.57 bits per heavy atom. The largest absolute Gasteiger partial charge is 0.460 e. The molecule has 0 fully saturated rings. The quantitative estimate of drug-likeness (QED) is 0.556. The molecular weight excluding hydrogens is 315 g/mol.